The minimum atomic E-state index is -0.293. The molecule has 6 heteroatoms. The Morgan fingerprint density at radius 2 is 1.77 bits per heavy atom. The van der Waals surface area contributed by atoms with Gasteiger partial charge < -0.3 is 30.2 Å². The molecule has 0 spiro atoms. The van der Waals surface area contributed by atoms with E-state index in [0.29, 0.717) is 13.2 Å². The molecule has 6 nitrogen and oxygen atoms in total. The maximum atomic E-state index is 10.6. The molecule has 0 amide bonds. The third-order valence-corrected chi connectivity index (χ3v) is 5.21. The number of aromatic amines is 1. The van der Waals surface area contributed by atoms with E-state index in [2.05, 4.69) is 29.5 Å². The lowest BCUT2D eigenvalue weighted by Crippen LogP contribution is -2.13. The van der Waals surface area contributed by atoms with Crippen molar-refractivity contribution in [1.82, 2.24) is 4.98 Å². The van der Waals surface area contributed by atoms with Crippen LogP contribution >= 0.6 is 0 Å². The van der Waals surface area contributed by atoms with Gasteiger partial charge >= 0.3 is 0 Å². The number of H-pyrrole nitrogens is 1. The molecule has 0 aliphatic carbocycles. The molecular formula is C24H29N3O3. The number of nitrogens with one attached hydrogen (secondary N) is 3. The third-order valence-electron chi connectivity index (χ3n) is 5.21. The Balaban J connectivity index is 1.76. The standard InChI is InChI=1S/C24H29N3O3/c1-3-5-13-29-16-10-11-17(21(14-16)30-12-4-2)23-22-20(15-25-24(22)28)26-18-8-6-7-9-19(18)27-23/h6-11,14-15,23,25-28H,3-5,12-13H2,1-2H3. The highest BCUT2D eigenvalue weighted by atomic mass is 16.5. The van der Waals surface area contributed by atoms with Crippen LogP contribution in [-0.2, 0) is 0 Å². The number of para-hydroxylation sites is 2. The largest absolute Gasteiger partial charge is 0.494 e. The molecule has 30 heavy (non-hydrogen) atoms. The number of benzene rings is 2. The van der Waals surface area contributed by atoms with E-state index in [9.17, 15) is 5.11 Å². The fourth-order valence-electron chi connectivity index (χ4n) is 3.66. The molecule has 3 aromatic rings. The van der Waals surface area contributed by atoms with Gasteiger partial charge in [-0.25, -0.2) is 0 Å². The number of aromatic nitrogens is 1. The summed E-state index contributed by atoms with van der Waals surface area (Å²) >= 11 is 0. The maximum absolute atomic E-state index is 10.6. The number of aromatic hydroxyl groups is 1. The van der Waals surface area contributed by atoms with E-state index in [-0.39, 0.29) is 11.9 Å². The van der Waals surface area contributed by atoms with Gasteiger partial charge in [0, 0.05) is 17.8 Å². The van der Waals surface area contributed by atoms with E-state index in [1.807, 2.05) is 42.5 Å². The Morgan fingerprint density at radius 3 is 2.57 bits per heavy atom. The van der Waals surface area contributed by atoms with Gasteiger partial charge in [0.25, 0.3) is 0 Å². The molecule has 1 aliphatic rings. The molecular weight excluding hydrogens is 378 g/mol. The van der Waals surface area contributed by atoms with Gasteiger partial charge in [0.15, 0.2) is 5.88 Å². The van der Waals surface area contributed by atoms with Crippen molar-refractivity contribution in [3.63, 3.8) is 0 Å². The number of unbranched alkanes of at least 4 members (excludes halogenated alkanes) is 1. The van der Waals surface area contributed by atoms with Crippen LogP contribution in [0, 0.1) is 0 Å². The van der Waals surface area contributed by atoms with Gasteiger partial charge in [-0.3, -0.25) is 0 Å². The smallest absolute Gasteiger partial charge is 0.196 e. The summed E-state index contributed by atoms with van der Waals surface area (Å²) < 4.78 is 12.0. The number of hydrogen-bond acceptors (Lipinski definition) is 5. The average Bonchev–Trinajstić information content (AvgIpc) is 3.02. The lowest BCUT2D eigenvalue weighted by atomic mass is 9.98. The van der Waals surface area contributed by atoms with E-state index < -0.39 is 0 Å². The van der Waals surface area contributed by atoms with Gasteiger partial charge in [0.05, 0.1) is 41.9 Å². The molecule has 1 atom stereocenters. The predicted octanol–water partition coefficient (Wildman–Crippen LogP) is 5.95. The van der Waals surface area contributed by atoms with Crippen LogP contribution in [0.1, 0.15) is 50.3 Å². The maximum Gasteiger partial charge on any atom is 0.196 e. The summed E-state index contributed by atoms with van der Waals surface area (Å²) in [6.07, 6.45) is 4.80. The second-order valence-corrected chi connectivity index (χ2v) is 7.46. The molecule has 4 N–H and O–H groups in total. The third kappa shape index (κ3) is 4.03. The van der Waals surface area contributed by atoms with Crippen LogP contribution < -0.4 is 20.1 Å². The van der Waals surface area contributed by atoms with Gasteiger partial charge in [0.2, 0.25) is 0 Å². The normalized spacial score (nSPS) is 14.7. The average molecular weight is 408 g/mol. The molecule has 0 fully saturated rings. The van der Waals surface area contributed by atoms with Gasteiger partial charge in [-0.1, -0.05) is 32.4 Å². The summed E-state index contributed by atoms with van der Waals surface area (Å²) in [5, 5.41) is 17.6. The first-order valence-corrected chi connectivity index (χ1v) is 10.6. The molecule has 0 saturated carbocycles. The first-order chi connectivity index (χ1) is 14.7. The van der Waals surface area contributed by atoms with Gasteiger partial charge in [-0.05, 0) is 37.1 Å². The molecule has 1 aliphatic heterocycles. The SMILES string of the molecule is CCCCOc1ccc(C2Nc3ccccc3Nc3c[nH]c(O)c32)c(OCCC)c1. The fourth-order valence-corrected chi connectivity index (χ4v) is 3.66. The van der Waals surface area contributed by atoms with Crippen molar-refractivity contribution in [3.05, 3.63) is 59.8 Å². The van der Waals surface area contributed by atoms with E-state index in [0.717, 1.165) is 59.0 Å². The molecule has 158 valence electrons. The quantitative estimate of drug-likeness (QED) is 0.347. The summed E-state index contributed by atoms with van der Waals surface area (Å²) in [5.74, 6) is 1.69. The summed E-state index contributed by atoms with van der Waals surface area (Å²) in [5.41, 5.74) is 4.45. The van der Waals surface area contributed by atoms with E-state index in [4.69, 9.17) is 9.47 Å². The van der Waals surface area contributed by atoms with Crippen molar-refractivity contribution in [3.8, 4) is 17.4 Å². The second kappa shape index (κ2) is 9.03. The summed E-state index contributed by atoms with van der Waals surface area (Å²) in [6, 6.07) is 13.7. The summed E-state index contributed by atoms with van der Waals surface area (Å²) in [4.78, 5) is 2.93. The van der Waals surface area contributed by atoms with Crippen LogP contribution in [0.5, 0.6) is 17.4 Å². The van der Waals surface area contributed by atoms with E-state index in [1.54, 1.807) is 6.20 Å². The van der Waals surface area contributed by atoms with Crippen molar-refractivity contribution in [2.24, 2.45) is 0 Å². The Bertz CT molecular complexity index is 999. The summed E-state index contributed by atoms with van der Waals surface area (Å²) in [6.45, 7) is 5.53. The lowest BCUT2D eigenvalue weighted by Gasteiger charge is -2.23. The van der Waals surface area contributed by atoms with Crippen LogP contribution in [0.2, 0.25) is 0 Å². The number of fused-ring (bicyclic) bond motifs is 2. The Hall–Kier alpha value is -3.28. The molecule has 4 rings (SSSR count). The minimum Gasteiger partial charge on any atom is -0.494 e. The Morgan fingerprint density at radius 1 is 0.933 bits per heavy atom. The zero-order valence-electron chi connectivity index (χ0n) is 17.5. The molecule has 2 aromatic carbocycles. The predicted molar refractivity (Wildman–Crippen MR) is 120 cm³/mol. The van der Waals surface area contributed by atoms with Crippen LogP contribution in [0.15, 0.2) is 48.7 Å². The molecule has 1 aromatic heterocycles. The molecule has 2 heterocycles. The van der Waals surface area contributed by atoms with E-state index >= 15 is 0 Å². The van der Waals surface area contributed by atoms with Gasteiger partial charge in [-0.2, -0.15) is 0 Å². The van der Waals surface area contributed by atoms with Crippen LogP contribution in [-0.4, -0.2) is 23.3 Å². The molecule has 0 saturated heterocycles. The van der Waals surface area contributed by atoms with Crippen molar-refractivity contribution < 1.29 is 14.6 Å². The lowest BCUT2D eigenvalue weighted by molar-refractivity contribution is 0.295. The highest BCUT2D eigenvalue weighted by Gasteiger charge is 2.29. The van der Waals surface area contributed by atoms with Gasteiger partial charge in [0.1, 0.15) is 11.5 Å². The van der Waals surface area contributed by atoms with Gasteiger partial charge in [-0.15, -0.1) is 0 Å². The number of anilines is 3. The highest BCUT2D eigenvalue weighted by Crippen LogP contribution is 2.46. The molecule has 1 unspecified atom stereocenters. The Kier molecular flexibility index (Phi) is 6.02. The second-order valence-electron chi connectivity index (χ2n) is 7.46. The number of hydrogen-bond donors (Lipinski definition) is 4. The first-order valence-electron chi connectivity index (χ1n) is 10.6. The molecule has 0 radical (unpaired) electrons. The molecule has 0 bridgehead atoms. The number of rotatable bonds is 8. The number of ether oxygens (including phenoxy) is 2. The first kappa shape index (κ1) is 20.0. The Labute approximate surface area is 177 Å². The minimum absolute atomic E-state index is 0.132. The van der Waals surface area contributed by atoms with Crippen LogP contribution in [0.4, 0.5) is 17.1 Å². The van der Waals surface area contributed by atoms with Crippen molar-refractivity contribution >= 4 is 17.1 Å². The van der Waals surface area contributed by atoms with Crippen molar-refractivity contribution in [1.29, 1.82) is 0 Å². The van der Waals surface area contributed by atoms with Crippen LogP contribution in [0.3, 0.4) is 0 Å². The fraction of sp³-hybridized carbons (Fsp3) is 0.333. The zero-order chi connectivity index (χ0) is 20.9. The van der Waals surface area contributed by atoms with Crippen molar-refractivity contribution in [2.75, 3.05) is 23.8 Å². The van der Waals surface area contributed by atoms with Crippen LogP contribution in [0.25, 0.3) is 0 Å². The monoisotopic (exact) mass is 407 g/mol. The highest BCUT2D eigenvalue weighted by molar-refractivity contribution is 5.81. The summed E-state index contributed by atoms with van der Waals surface area (Å²) in [7, 11) is 0. The van der Waals surface area contributed by atoms with Crippen molar-refractivity contribution in [2.45, 2.75) is 39.2 Å². The topological polar surface area (TPSA) is 78.5 Å². The van der Waals surface area contributed by atoms with E-state index in [1.165, 1.54) is 0 Å². The zero-order valence-corrected chi connectivity index (χ0v) is 17.5.